The van der Waals surface area contributed by atoms with Gasteiger partial charge in [-0.05, 0) is 45.4 Å². The van der Waals surface area contributed by atoms with Crippen LogP contribution in [0.1, 0.15) is 32.8 Å². The Morgan fingerprint density at radius 2 is 1.88 bits per heavy atom. The Hall–Kier alpha value is -4.54. The molecule has 0 amide bonds. The van der Waals surface area contributed by atoms with E-state index in [4.69, 9.17) is 14.3 Å². The van der Waals surface area contributed by atoms with Crippen LogP contribution >= 0.6 is 0 Å². The topological polar surface area (TPSA) is 121 Å². The molecule has 2 unspecified atom stereocenters. The third-order valence-corrected chi connectivity index (χ3v) is 7.17. The van der Waals surface area contributed by atoms with Crippen molar-refractivity contribution >= 4 is 11.3 Å². The average molecular weight is 578 g/mol. The molecule has 0 aliphatic carbocycles. The van der Waals surface area contributed by atoms with E-state index < -0.39 is 17.4 Å². The van der Waals surface area contributed by atoms with Crippen LogP contribution < -0.4 is 19.2 Å². The molecule has 1 N–H and O–H groups in total. The Bertz CT molecular complexity index is 1650. The molecule has 3 fully saturated rings. The number of halogens is 2. The van der Waals surface area contributed by atoms with Crippen molar-refractivity contribution in [3.8, 4) is 34.6 Å². The number of piperazine rings is 1. The summed E-state index contributed by atoms with van der Waals surface area (Å²) in [7, 11) is 0. The first kappa shape index (κ1) is 27.6. The molecule has 3 aliphatic rings. The SMILES string of the molecule is CCOc1ncc(ON2C3CC2CN(c2ccc(-c4cc(OCC(C)(C)O)c(F)n5ncc(C#N)c45)cn2)C3)cc1F. The predicted molar refractivity (Wildman–Crippen MR) is 147 cm³/mol. The molecule has 0 spiro atoms. The van der Waals surface area contributed by atoms with Gasteiger partial charge in [0.1, 0.15) is 18.5 Å². The van der Waals surface area contributed by atoms with Crippen molar-refractivity contribution in [3.63, 3.8) is 0 Å². The summed E-state index contributed by atoms with van der Waals surface area (Å²) in [5, 5.41) is 25.6. The average Bonchev–Trinajstić information content (AvgIpc) is 3.41. The van der Waals surface area contributed by atoms with E-state index in [1.807, 2.05) is 17.2 Å². The van der Waals surface area contributed by atoms with Gasteiger partial charge in [0.05, 0.1) is 47.8 Å². The summed E-state index contributed by atoms with van der Waals surface area (Å²) < 4.78 is 41.2. The predicted octanol–water partition coefficient (Wildman–Crippen LogP) is 3.75. The number of fused-ring (bicyclic) bond motifs is 3. The summed E-state index contributed by atoms with van der Waals surface area (Å²) in [5.41, 5.74) is 0.496. The highest BCUT2D eigenvalue weighted by molar-refractivity contribution is 5.85. The number of aliphatic hydroxyl groups is 1. The van der Waals surface area contributed by atoms with Crippen molar-refractivity contribution < 1.29 is 28.2 Å². The van der Waals surface area contributed by atoms with Crippen molar-refractivity contribution in [3.05, 3.63) is 60.2 Å². The highest BCUT2D eigenvalue weighted by Crippen LogP contribution is 2.37. The summed E-state index contributed by atoms with van der Waals surface area (Å²) in [6.45, 7) is 6.38. The highest BCUT2D eigenvalue weighted by Gasteiger charge is 2.47. The number of pyridine rings is 3. The van der Waals surface area contributed by atoms with Gasteiger partial charge in [0.25, 0.3) is 11.8 Å². The van der Waals surface area contributed by atoms with Crippen LogP contribution in [0.15, 0.2) is 42.9 Å². The number of nitrogens with zero attached hydrogens (tertiary/aromatic N) is 7. The number of anilines is 1. The molecule has 4 aromatic rings. The molecule has 3 saturated heterocycles. The summed E-state index contributed by atoms with van der Waals surface area (Å²) in [4.78, 5) is 16.8. The Kier molecular flexibility index (Phi) is 7.04. The second-order valence-corrected chi connectivity index (χ2v) is 10.9. The molecule has 0 aromatic carbocycles. The number of piperidine rings is 1. The number of hydroxylamine groups is 2. The highest BCUT2D eigenvalue weighted by atomic mass is 19.1. The minimum absolute atomic E-state index is 0.0503. The van der Waals surface area contributed by atoms with Gasteiger partial charge in [-0.15, -0.1) is 5.06 Å². The Morgan fingerprint density at radius 1 is 1.10 bits per heavy atom. The van der Waals surface area contributed by atoms with E-state index in [-0.39, 0.29) is 35.9 Å². The molecule has 13 heteroatoms. The van der Waals surface area contributed by atoms with Gasteiger partial charge in [0.2, 0.25) is 0 Å². The van der Waals surface area contributed by atoms with Crippen molar-refractivity contribution in [1.29, 1.82) is 5.26 Å². The minimum Gasteiger partial charge on any atom is -0.486 e. The van der Waals surface area contributed by atoms with Gasteiger partial charge >= 0.3 is 0 Å². The number of aromatic nitrogens is 4. The zero-order chi connectivity index (χ0) is 29.6. The van der Waals surface area contributed by atoms with Gasteiger partial charge in [0, 0.05) is 36.5 Å². The van der Waals surface area contributed by atoms with Gasteiger partial charge < -0.3 is 24.3 Å². The molecular formula is C29H29F2N7O4. The smallest absolute Gasteiger partial charge is 0.257 e. The summed E-state index contributed by atoms with van der Waals surface area (Å²) in [6, 6.07) is 8.75. The van der Waals surface area contributed by atoms with Gasteiger partial charge in [-0.2, -0.15) is 14.8 Å². The van der Waals surface area contributed by atoms with Gasteiger partial charge in [0.15, 0.2) is 17.3 Å². The third kappa shape index (κ3) is 5.15. The lowest BCUT2D eigenvalue weighted by atomic mass is 9.90. The molecule has 0 saturated carbocycles. The quantitative estimate of drug-likeness (QED) is 0.295. The van der Waals surface area contributed by atoms with E-state index in [1.165, 1.54) is 24.5 Å². The van der Waals surface area contributed by atoms with Crippen LogP contribution in [0.3, 0.4) is 0 Å². The van der Waals surface area contributed by atoms with Gasteiger partial charge in [-0.1, -0.05) is 0 Å². The van der Waals surface area contributed by atoms with Crippen LogP contribution in [0.4, 0.5) is 14.6 Å². The van der Waals surface area contributed by atoms with E-state index in [0.717, 1.165) is 16.8 Å². The standard InChI is InChI=1S/C29H29F2N7O4/c1-4-40-28-23(30)8-21(13-34-28)42-38-19-7-20(38)15-36(14-19)25-6-5-17(11-33-25)22-9-24(41-16-29(2,3)39)27(31)37-26(22)18(10-32)12-35-37/h5-6,8-9,11-13,19-20,39H,4,7,14-16H2,1-3H3. The molecule has 4 aromatic heterocycles. The van der Waals surface area contributed by atoms with Gasteiger partial charge in [-0.25, -0.2) is 18.9 Å². The second kappa shape index (κ2) is 10.7. The molecule has 2 bridgehead atoms. The molecular weight excluding hydrogens is 548 g/mol. The molecule has 218 valence electrons. The monoisotopic (exact) mass is 577 g/mol. The number of ether oxygens (including phenoxy) is 2. The van der Waals surface area contributed by atoms with Crippen LogP contribution in [-0.2, 0) is 0 Å². The molecule has 7 rings (SSSR count). The first-order valence-electron chi connectivity index (χ1n) is 13.6. The summed E-state index contributed by atoms with van der Waals surface area (Å²) >= 11 is 0. The number of rotatable bonds is 9. The van der Waals surface area contributed by atoms with E-state index in [9.17, 15) is 14.8 Å². The van der Waals surface area contributed by atoms with E-state index in [2.05, 4.69) is 26.0 Å². The number of nitriles is 1. The zero-order valence-electron chi connectivity index (χ0n) is 23.3. The third-order valence-electron chi connectivity index (χ3n) is 7.17. The normalized spacial score (nSPS) is 18.5. The molecule has 11 nitrogen and oxygen atoms in total. The van der Waals surface area contributed by atoms with Crippen LogP contribution in [-0.4, -0.2) is 73.7 Å². The van der Waals surface area contributed by atoms with Crippen LogP contribution in [0, 0.1) is 23.1 Å². The largest absolute Gasteiger partial charge is 0.486 e. The van der Waals surface area contributed by atoms with E-state index in [1.54, 1.807) is 27.0 Å². The molecule has 7 heterocycles. The van der Waals surface area contributed by atoms with E-state index in [0.29, 0.717) is 42.1 Å². The van der Waals surface area contributed by atoms with Crippen LogP contribution in [0.2, 0.25) is 0 Å². The second-order valence-electron chi connectivity index (χ2n) is 10.9. The lowest BCUT2D eigenvalue weighted by molar-refractivity contribution is -0.203. The van der Waals surface area contributed by atoms with Crippen LogP contribution in [0.5, 0.6) is 17.4 Å². The first-order chi connectivity index (χ1) is 20.1. The van der Waals surface area contributed by atoms with Crippen molar-refractivity contribution in [2.75, 3.05) is 31.2 Å². The minimum atomic E-state index is -1.18. The van der Waals surface area contributed by atoms with Crippen molar-refractivity contribution in [2.45, 2.75) is 44.9 Å². The number of hydrogen-bond acceptors (Lipinski definition) is 10. The lowest BCUT2D eigenvalue weighted by Crippen LogP contribution is -2.69. The van der Waals surface area contributed by atoms with E-state index >= 15 is 4.39 Å². The fourth-order valence-corrected chi connectivity index (χ4v) is 5.24. The fourth-order valence-electron chi connectivity index (χ4n) is 5.24. The van der Waals surface area contributed by atoms with Gasteiger partial charge in [-0.3, -0.25) is 0 Å². The molecule has 3 aliphatic heterocycles. The maximum absolute atomic E-state index is 15.2. The fraction of sp³-hybridized carbons (Fsp3) is 0.379. The number of hydrogen-bond donors (Lipinski definition) is 1. The maximum atomic E-state index is 15.2. The molecule has 0 radical (unpaired) electrons. The Labute approximate surface area is 240 Å². The summed E-state index contributed by atoms with van der Waals surface area (Å²) in [6.07, 6.45) is 5.36. The first-order valence-corrected chi connectivity index (χ1v) is 13.6. The molecule has 42 heavy (non-hydrogen) atoms. The molecule has 2 atom stereocenters. The maximum Gasteiger partial charge on any atom is 0.257 e. The summed E-state index contributed by atoms with van der Waals surface area (Å²) in [5.74, 6) is -0.423. The lowest BCUT2D eigenvalue weighted by Gasteiger charge is -2.54. The van der Waals surface area contributed by atoms with Crippen LogP contribution in [0.25, 0.3) is 16.6 Å². The Morgan fingerprint density at radius 3 is 2.52 bits per heavy atom. The van der Waals surface area contributed by atoms with Crippen molar-refractivity contribution in [2.24, 2.45) is 0 Å². The Balaban J connectivity index is 1.19. The van der Waals surface area contributed by atoms with Crippen molar-refractivity contribution in [1.82, 2.24) is 24.6 Å². The zero-order valence-corrected chi connectivity index (χ0v) is 23.3.